The van der Waals surface area contributed by atoms with Crippen molar-refractivity contribution in [2.24, 2.45) is 0 Å². The van der Waals surface area contributed by atoms with Gasteiger partial charge < -0.3 is 5.73 Å². The van der Waals surface area contributed by atoms with Crippen molar-refractivity contribution in [1.82, 2.24) is 4.98 Å². The number of hydrogen-bond donors (Lipinski definition) is 1. The first-order valence-corrected chi connectivity index (χ1v) is 4.22. The van der Waals surface area contributed by atoms with E-state index in [1.807, 2.05) is 19.2 Å². The third-order valence-electron chi connectivity index (χ3n) is 1.24. The summed E-state index contributed by atoms with van der Waals surface area (Å²) in [5.41, 5.74) is 6.72. The Balaban J connectivity index is 3.09. The number of pyridine rings is 1. The van der Waals surface area contributed by atoms with Gasteiger partial charge in [-0.05, 0) is 24.8 Å². The average Bonchev–Trinajstić information content (AvgIpc) is 1.94. The molecule has 2 N–H and O–H groups in total. The summed E-state index contributed by atoms with van der Waals surface area (Å²) in [5.74, 6) is 0.623. The van der Waals surface area contributed by atoms with Crippen LogP contribution in [0.25, 0.3) is 0 Å². The Morgan fingerprint density at radius 2 is 2.30 bits per heavy atom. The van der Waals surface area contributed by atoms with Gasteiger partial charge in [0.15, 0.2) is 0 Å². The zero-order chi connectivity index (χ0) is 7.56. The lowest BCUT2D eigenvalue weighted by Gasteiger charge is -2.00. The number of rotatable bonds is 1. The summed E-state index contributed by atoms with van der Waals surface area (Å²) in [6, 6.07) is 2.03. The highest BCUT2D eigenvalue weighted by Crippen LogP contribution is 2.20. The first kappa shape index (κ1) is 7.41. The molecule has 0 aromatic carbocycles. The molecule has 0 radical (unpaired) electrons. The van der Waals surface area contributed by atoms with Crippen molar-refractivity contribution in [3.8, 4) is 0 Å². The normalized spacial score (nSPS) is 9.80. The van der Waals surface area contributed by atoms with Crippen LogP contribution in [-0.2, 0) is 0 Å². The maximum absolute atomic E-state index is 5.57. The van der Waals surface area contributed by atoms with Crippen molar-refractivity contribution >= 4 is 17.6 Å². The van der Waals surface area contributed by atoms with Crippen LogP contribution in [0.3, 0.4) is 0 Å². The Morgan fingerprint density at radius 3 is 2.80 bits per heavy atom. The highest BCUT2D eigenvalue weighted by molar-refractivity contribution is 7.98. The summed E-state index contributed by atoms with van der Waals surface area (Å²) >= 11 is 1.62. The summed E-state index contributed by atoms with van der Waals surface area (Å²) in [6.07, 6.45) is 3.77. The van der Waals surface area contributed by atoms with Crippen LogP contribution in [0.5, 0.6) is 0 Å². The molecule has 3 heteroatoms. The molecular formula is C7H10N2S. The standard InChI is InChI=1S/C7H10N2S/c1-5-3-6(10-2)7(8)9-4-5/h3-4H,1-2H3,(H2,8,9). The van der Waals surface area contributed by atoms with E-state index in [0.717, 1.165) is 10.5 Å². The molecule has 0 spiro atoms. The minimum Gasteiger partial charge on any atom is -0.383 e. The lowest BCUT2D eigenvalue weighted by atomic mass is 10.3. The Hall–Kier alpha value is -0.700. The molecule has 0 fully saturated rings. The van der Waals surface area contributed by atoms with Crippen molar-refractivity contribution in [3.05, 3.63) is 17.8 Å². The topological polar surface area (TPSA) is 38.9 Å². The summed E-state index contributed by atoms with van der Waals surface area (Å²) in [5, 5.41) is 0. The van der Waals surface area contributed by atoms with E-state index in [1.165, 1.54) is 0 Å². The summed E-state index contributed by atoms with van der Waals surface area (Å²) in [7, 11) is 0. The summed E-state index contributed by atoms with van der Waals surface area (Å²) < 4.78 is 0. The zero-order valence-electron chi connectivity index (χ0n) is 6.09. The fraction of sp³-hybridized carbons (Fsp3) is 0.286. The molecule has 0 bridgehead atoms. The van der Waals surface area contributed by atoms with Gasteiger partial charge in [0.2, 0.25) is 0 Å². The van der Waals surface area contributed by atoms with Crippen LogP contribution in [0.4, 0.5) is 5.82 Å². The van der Waals surface area contributed by atoms with Gasteiger partial charge in [0.25, 0.3) is 0 Å². The first-order chi connectivity index (χ1) is 4.74. The van der Waals surface area contributed by atoms with Gasteiger partial charge in [0.1, 0.15) is 5.82 Å². The molecule has 0 unspecified atom stereocenters. The number of aromatic nitrogens is 1. The molecule has 1 rings (SSSR count). The van der Waals surface area contributed by atoms with Crippen LogP contribution >= 0.6 is 11.8 Å². The molecule has 10 heavy (non-hydrogen) atoms. The smallest absolute Gasteiger partial charge is 0.137 e. The monoisotopic (exact) mass is 154 g/mol. The molecule has 0 aliphatic carbocycles. The minimum absolute atomic E-state index is 0.623. The molecular weight excluding hydrogens is 144 g/mol. The van der Waals surface area contributed by atoms with E-state index in [-0.39, 0.29) is 0 Å². The number of aryl methyl sites for hydroxylation is 1. The van der Waals surface area contributed by atoms with Crippen LogP contribution in [-0.4, -0.2) is 11.2 Å². The molecule has 54 valence electrons. The van der Waals surface area contributed by atoms with Crippen molar-refractivity contribution in [2.75, 3.05) is 12.0 Å². The lowest BCUT2D eigenvalue weighted by molar-refractivity contribution is 1.20. The largest absolute Gasteiger partial charge is 0.383 e. The molecule has 0 amide bonds. The lowest BCUT2D eigenvalue weighted by Crippen LogP contribution is -1.92. The molecule has 0 saturated heterocycles. The van der Waals surface area contributed by atoms with E-state index in [2.05, 4.69) is 4.98 Å². The van der Waals surface area contributed by atoms with Gasteiger partial charge in [-0.1, -0.05) is 0 Å². The van der Waals surface area contributed by atoms with E-state index < -0.39 is 0 Å². The zero-order valence-corrected chi connectivity index (χ0v) is 6.90. The van der Waals surface area contributed by atoms with Gasteiger partial charge in [-0.25, -0.2) is 4.98 Å². The van der Waals surface area contributed by atoms with Gasteiger partial charge in [-0.15, -0.1) is 11.8 Å². The van der Waals surface area contributed by atoms with Crippen LogP contribution in [0.15, 0.2) is 17.2 Å². The van der Waals surface area contributed by atoms with Crippen LogP contribution < -0.4 is 5.73 Å². The van der Waals surface area contributed by atoms with E-state index in [9.17, 15) is 0 Å². The third kappa shape index (κ3) is 1.42. The summed E-state index contributed by atoms with van der Waals surface area (Å²) in [4.78, 5) is 5.06. The number of nitrogen functional groups attached to an aromatic ring is 1. The van der Waals surface area contributed by atoms with Gasteiger partial charge in [-0.3, -0.25) is 0 Å². The Morgan fingerprint density at radius 1 is 1.60 bits per heavy atom. The molecule has 0 aliphatic heterocycles. The number of anilines is 1. The van der Waals surface area contributed by atoms with Gasteiger partial charge in [-0.2, -0.15) is 0 Å². The predicted octanol–water partition coefficient (Wildman–Crippen LogP) is 1.69. The molecule has 0 atom stereocenters. The average molecular weight is 154 g/mol. The molecule has 1 heterocycles. The highest BCUT2D eigenvalue weighted by atomic mass is 32.2. The quantitative estimate of drug-likeness (QED) is 0.626. The van der Waals surface area contributed by atoms with Crippen molar-refractivity contribution < 1.29 is 0 Å². The number of hydrogen-bond acceptors (Lipinski definition) is 3. The van der Waals surface area contributed by atoms with Crippen LogP contribution in [0.2, 0.25) is 0 Å². The molecule has 0 saturated carbocycles. The van der Waals surface area contributed by atoms with Gasteiger partial charge in [0.05, 0.1) is 0 Å². The predicted molar refractivity (Wildman–Crippen MR) is 45.2 cm³/mol. The maximum Gasteiger partial charge on any atom is 0.137 e. The van der Waals surface area contributed by atoms with Crippen molar-refractivity contribution in [3.63, 3.8) is 0 Å². The minimum atomic E-state index is 0.623. The summed E-state index contributed by atoms with van der Waals surface area (Å²) in [6.45, 7) is 2.01. The number of nitrogens with two attached hydrogens (primary N) is 1. The van der Waals surface area contributed by atoms with Gasteiger partial charge in [0, 0.05) is 11.1 Å². The van der Waals surface area contributed by atoms with E-state index >= 15 is 0 Å². The van der Waals surface area contributed by atoms with Crippen molar-refractivity contribution in [2.45, 2.75) is 11.8 Å². The Bertz CT molecular complexity index is 235. The van der Waals surface area contributed by atoms with E-state index in [1.54, 1.807) is 18.0 Å². The third-order valence-corrected chi connectivity index (χ3v) is 2.01. The maximum atomic E-state index is 5.57. The highest BCUT2D eigenvalue weighted by Gasteiger charge is 1.96. The second-order valence-corrected chi connectivity index (χ2v) is 2.95. The second kappa shape index (κ2) is 2.92. The number of nitrogens with zero attached hydrogens (tertiary/aromatic N) is 1. The first-order valence-electron chi connectivity index (χ1n) is 3.00. The number of thioether (sulfide) groups is 1. The van der Waals surface area contributed by atoms with Crippen molar-refractivity contribution in [1.29, 1.82) is 0 Å². The molecule has 0 aliphatic rings. The fourth-order valence-corrected chi connectivity index (χ4v) is 1.28. The fourth-order valence-electron chi connectivity index (χ4n) is 0.716. The van der Waals surface area contributed by atoms with E-state index in [0.29, 0.717) is 5.82 Å². The van der Waals surface area contributed by atoms with Gasteiger partial charge >= 0.3 is 0 Å². The Labute approximate surface area is 64.8 Å². The van der Waals surface area contributed by atoms with Crippen LogP contribution in [0.1, 0.15) is 5.56 Å². The molecule has 2 nitrogen and oxygen atoms in total. The van der Waals surface area contributed by atoms with Crippen LogP contribution in [0, 0.1) is 6.92 Å². The molecule has 1 aromatic rings. The molecule has 1 aromatic heterocycles. The Kier molecular flexibility index (Phi) is 2.17. The SMILES string of the molecule is CSc1cc(C)cnc1N. The van der Waals surface area contributed by atoms with E-state index in [4.69, 9.17) is 5.73 Å². The second-order valence-electron chi connectivity index (χ2n) is 2.10.